The smallest absolute Gasteiger partial charge is 0.356 e. The summed E-state index contributed by atoms with van der Waals surface area (Å²) in [6.45, 7) is 7.80. The van der Waals surface area contributed by atoms with E-state index in [2.05, 4.69) is 10.6 Å². The molecule has 2 rings (SSSR count). The minimum atomic E-state index is -0.683. The molecular weight excluding hydrogens is 356 g/mol. The van der Waals surface area contributed by atoms with E-state index in [1.807, 2.05) is 64.1 Å². The maximum absolute atomic E-state index is 12.5. The fourth-order valence-electron chi connectivity index (χ4n) is 2.81. The van der Waals surface area contributed by atoms with Gasteiger partial charge >= 0.3 is 11.9 Å². The summed E-state index contributed by atoms with van der Waals surface area (Å²) in [6.07, 6.45) is 0. The Labute approximate surface area is 165 Å². The average molecular weight is 382 g/mol. The lowest BCUT2D eigenvalue weighted by Crippen LogP contribution is -2.25. The molecule has 0 aliphatic heterocycles. The van der Waals surface area contributed by atoms with Crippen molar-refractivity contribution in [3.05, 3.63) is 70.0 Å². The second-order valence-electron chi connectivity index (χ2n) is 6.62. The Bertz CT molecular complexity index is 857. The van der Waals surface area contributed by atoms with Gasteiger partial charge in [-0.2, -0.15) is 0 Å². The zero-order valence-corrected chi connectivity index (χ0v) is 17.1. The molecule has 0 atom stereocenters. The van der Waals surface area contributed by atoms with Gasteiger partial charge in [-0.15, -0.1) is 0 Å². The molecule has 0 radical (unpaired) electrons. The van der Waals surface area contributed by atoms with Gasteiger partial charge < -0.3 is 20.1 Å². The Hall–Kier alpha value is -3.28. The van der Waals surface area contributed by atoms with Crippen molar-refractivity contribution >= 4 is 23.3 Å². The summed E-state index contributed by atoms with van der Waals surface area (Å²) in [5.74, 6) is -1.37. The first-order valence-corrected chi connectivity index (χ1v) is 8.86. The number of nitrogens with one attached hydrogen (secondary N) is 2. The number of rotatable bonds is 6. The molecule has 28 heavy (non-hydrogen) atoms. The number of ether oxygens (including phenoxy) is 2. The van der Waals surface area contributed by atoms with Crippen LogP contribution in [0.2, 0.25) is 0 Å². The zero-order valence-electron chi connectivity index (χ0n) is 17.1. The molecule has 0 fully saturated rings. The molecule has 0 aliphatic carbocycles. The Balaban J connectivity index is 2.57. The highest BCUT2D eigenvalue weighted by atomic mass is 16.5. The second kappa shape index (κ2) is 9.08. The van der Waals surface area contributed by atoms with Crippen LogP contribution in [-0.2, 0) is 19.1 Å². The van der Waals surface area contributed by atoms with Crippen molar-refractivity contribution in [3.63, 3.8) is 0 Å². The van der Waals surface area contributed by atoms with Crippen LogP contribution in [-0.4, -0.2) is 26.2 Å². The van der Waals surface area contributed by atoms with Gasteiger partial charge in [0.1, 0.15) is 0 Å². The Morgan fingerprint density at radius 2 is 1.04 bits per heavy atom. The molecule has 0 saturated carbocycles. The third kappa shape index (κ3) is 4.91. The number of carbonyl (C=O) groups is 2. The minimum Gasteiger partial charge on any atom is -0.464 e. The highest BCUT2D eigenvalue weighted by Gasteiger charge is 2.24. The summed E-state index contributed by atoms with van der Waals surface area (Å²) < 4.78 is 9.81. The van der Waals surface area contributed by atoms with Crippen molar-refractivity contribution in [2.24, 2.45) is 0 Å². The number of methoxy groups -OCH3 is 2. The molecule has 2 N–H and O–H groups in total. The van der Waals surface area contributed by atoms with E-state index in [1.54, 1.807) is 0 Å². The lowest BCUT2D eigenvalue weighted by molar-refractivity contribution is -0.139. The molecule has 0 spiro atoms. The van der Waals surface area contributed by atoms with Crippen molar-refractivity contribution in [3.8, 4) is 0 Å². The van der Waals surface area contributed by atoms with Gasteiger partial charge in [-0.25, -0.2) is 9.59 Å². The standard InChI is InChI=1S/C22H26N2O4/c1-13-7-9-17(15(3)11-13)23-19(21(25)27-5)20(22(26)28-6)24-18-10-8-14(2)12-16(18)4/h7-12,23-24H,1-6H3/b20-19+. The predicted molar refractivity (Wildman–Crippen MR) is 110 cm³/mol. The molecule has 2 aromatic carbocycles. The predicted octanol–water partition coefficient (Wildman–Crippen LogP) is 4.00. The van der Waals surface area contributed by atoms with E-state index in [-0.39, 0.29) is 11.4 Å². The van der Waals surface area contributed by atoms with Gasteiger partial charge in [-0.3, -0.25) is 0 Å². The van der Waals surface area contributed by atoms with Crippen LogP contribution in [0.3, 0.4) is 0 Å². The number of benzene rings is 2. The molecule has 148 valence electrons. The van der Waals surface area contributed by atoms with E-state index in [1.165, 1.54) is 14.2 Å². The number of hydrogen-bond acceptors (Lipinski definition) is 6. The highest BCUT2D eigenvalue weighted by Crippen LogP contribution is 2.23. The van der Waals surface area contributed by atoms with E-state index in [0.29, 0.717) is 11.4 Å². The molecule has 0 aromatic heterocycles. The van der Waals surface area contributed by atoms with Crippen LogP contribution < -0.4 is 10.6 Å². The summed E-state index contributed by atoms with van der Waals surface area (Å²) in [4.78, 5) is 25.0. The maximum Gasteiger partial charge on any atom is 0.356 e. The van der Waals surface area contributed by atoms with Crippen LogP contribution in [0.25, 0.3) is 0 Å². The fourth-order valence-corrected chi connectivity index (χ4v) is 2.81. The normalized spacial score (nSPS) is 11.4. The van der Waals surface area contributed by atoms with Gasteiger partial charge in [-0.05, 0) is 51.0 Å². The molecule has 2 aromatic rings. The minimum absolute atomic E-state index is 0.0266. The van der Waals surface area contributed by atoms with E-state index >= 15 is 0 Å². The van der Waals surface area contributed by atoms with Gasteiger partial charge in [0.15, 0.2) is 11.4 Å². The number of esters is 2. The average Bonchev–Trinajstić information content (AvgIpc) is 2.66. The van der Waals surface area contributed by atoms with E-state index in [4.69, 9.17) is 9.47 Å². The molecule has 6 heteroatoms. The zero-order chi connectivity index (χ0) is 20.8. The lowest BCUT2D eigenvalue weighted by atomic mass is 10.1. The fraction of sp³-hybridized carbons (Fsp3) is 0.273. The molecule has 0 saturated heterocycles. The summed E-state index contributed by atoms with van der Waals surface area (Å²) in [5, 5.41) is 6.07. The second-order valence-corrected chi connectivity index (χ2v) is 6.62. The third-order valence-electron chi connectivity index (χ3n) is 4.31. The Morgan fingerprint density at radius 3 is 1.32 bits per heavy atom. The summed E-state index contributed by atoms with van der Waals surface area (Å²) >= 11 is 0. The van der Waals surface area contributed by atoms with Gasteiger partial charge in [0.25, 0.3) is 0 Å². The molecule has 0 heterocycles. The molecule has 0 bridgehead atoms. The number of carbonyl (C=O) groups excluding carboxylic acids is 2. The van der Waals surface area contributed by atoms with Crippen LogP contribution in [0.4, 0.5) is 11.4 Å². The molecule has 0 aliphatic rings. The Morgan fingerprint density at radius 1 is 0.679 bits per heavy atom. The molecule has 0 amide bonds. The number of aryl methyl sites for hydroxylation is 4. The number of hydrogen-bond donors (Lipinski definition) is 2. The first-order valence-electron chi connectivity index (χ1n) is 8.86. The SMILES string of the molecule is COC(=O)/C(Nc1ccc(C)cc1C)=C(\Nc1ccc(C)cc1C)C(=O)OC. The Kier molecular flexibility index (Phi) is 6.82. The summed E-state index contributed by atoms with van der Waals surface area (Å²) in [6, 6.07) is 11.5. The van der Waals surface area contributed by atoms with Crippen molar-refractivity contribution in [2.45, 2.75) is 27.7 Å². The van der Waals surface area contributed by atoms with Crippen LogP contribution in [0.15, 0.2) is 47.8 Å². The van der Waals surface area contributed by atoms with Crippen LogP contribution in [0.1, 0.15) is 22.3 Å². The van der Waals surface area contributed by atoms with Crippen LogP contribution in [0, 0.1) is 27.7 Å². The maximum atomic E-state index is 12.5. The highest BCUT2D eigenvalue weighted by molar-refractivity contribution is 6.04. The topological polar surface area (TPSA) is 76.7 Å². The number of anilines is 2. The van der Waals surface area contributed by atoms with E-state index < -0.39 is 11.9 Å². The van der Waals surface area contributed by atoms with Crippen LogP contribution >= 0.6 is 0 Å². The molecule has 6 nitrogen and oxygen atoms in total. The molecule has 0 unspecified atom stereocenters. The van der Waals surface area contributed by atoms with Gasteiger partial charge in [0.2, 0.25) is 0 Å². The van der Waals surface area contributed by atoms with Crippen molar-refractivity contribution in [1.82, 2.24) is 0 Å². The van der Waals surface area contributed by atoms with E-state index in [0.717, 1.165) is 22.3 Å². The first-order chi connectivity index (χ1) is 13.3. The monoisotopic (exact) mass is 382 g/mol. The first kappa shape index (κ1) is 21.0. The van der Waals surface area contributed by atoms with Gasteiger partial charge in [0.05, 0.1) is 14.2 Å². The van der Waals surface area contributed by atoms with Crippen LogP contribution in [0.5, 0.6) is 0 Å². The summed E-state index contributed by atoms with van der Waals surface area (Å²) in [5.41, 5.74) is 5.36. The molecular formula is C22H26N2O4. The summed E-state index contributed by atoms with van der Waals surface area (Å²) in [7, 11) is 2.52. The lowest BCUT2D eigenvalue weighted by Gasteiger charge is -2.18. The van der Waals surface area contributed by atoms with Crippen molar-refractivity contribution < 1.29 is 19.1 Å². The van der Waals surface area contributed by atoms with Crippen molar-refractivity contribution in [1.29, 1.82) is 0 Å². The third-order valence-corrected chi connectivity index (χ3v) is 4.31. The van der Waals surface area contributed by atoms with Gasteiger partial charge in [0, 0.05) is 11.4 Å². The quantitative estimate of drug-likeness (QED) is 0.581. The van der Waals surface area contributed by atoms with E-state index in [9.17, 15) is 9.59 Å². The van der Waals surface area contributed by atoms with Crippen molar-refractivity contribution in [2.75, 3.05) is 24.9 Å². The largest absolute Gasteiger partial charge is 0.464 e. The van der Waals surface area contributed by atoms with Gasteiger partial charge in [-0.1, -0.05) is 35.4 Å².